The van der Waals surface area contributed by atoms with Crippen molar-refractivity contribution >= 4 is 41.1 Å². The molecule has 7 heteroatoms. The van der Waals surface area contributed by atoms with Gasteiger partial charge in [-0.3, -0.25) is 4.79 Å². The van der Waals surface area contributed by atoms with Crippen LogP contribution in [0.4, 0.5) is 5.82 Å². The maximum Gasteiger partial charge on any atom is 0.397 e. The number of hydrogen-bond acceptors (Lipinski definition) is 4. The van der Waals surface area contributed by atoms with E-state index >= 15 is 0 Å². The lowest BCUT2D eigenvalue weighted by atomic mass is 10.2. The number of amides is 1. The van der Waals surface area contributed by atoms with Crippen LogP contribution in [0.25, 0.3) is 5.69 Å². The largest absolute Gasteiger partial charge is 0.459 e. The monoisotopic (exact) mass is 350 g/mol. The molecule has 23 heavy (non-hydrogen) atoms. The third-order valence-electron chi connectivity index (χ3n) is 3.50. The Morgan fingerprint density at radius 1 is 1.30 bits per heavy atom. The van der Waals surface area contributed by atoms with Gasteiger partial charge in [-0.25, -0.2) is 4.79 Å². The van der Waals surface area contributed by atoms with Gasteiger partial charge in [0.05, 0.1) is 6.61 Å². The summed E-state index contributed by atoms with van der Waals surface area (Å²) in [5.41, 5.74) is 3.07. The number of anilines is 1. The Morgan fingerprint density at radius 2 is 2.04 bits per heavy atom. The number of carbonyl (C=O) groups is 2. The van der Waals surface area contributed by atoms with E-state index in [1.54, 1.807) is 30.8 Å². The quantitative estimate of drug-likeness (QED) is 0.681. The third kappa shape index (κ3) is 3.23. The summed E-state index contributed by atoms with van der Waals surface area (Å²) in [5.74, 6) is 0.660. The molecule has 0 saturated heterocycles. The predicted octanol–water partition coefficient (Wildman–Crippen LogP) is 3.38. The van der Waals surface area contributed by atoms with Gasteiger partial charge in [0.15, 0.2) is 0 Å². The van der Waals surface area contributed by atoms with Crippen molar-refractivity contribution in [2.24, 2.45) is 0 Å². The standard InChI is InChI=1S/C16H15ClN2O3S/c1-2-22-16(21)15(20)18-14-13-9-23-8-10(13)7-19(14)12-5-3-11(17)4-6-12/h3-7H,2,8-9H2,1H3,(H,18,20). The Morgan fingerprint density at radius 3 is 2.74 bits per heavy atom. The topological polar surface area (TPSA) is 60.3 Å². The van der Waals surface area contributed by atoms with Gasteiger partial charge in [-0.15, -0.1) is 0 Å². The molecule has 3 rings (SSSR count). The molecule has 1 aliphatic rings. The fraction of sp³-hybridized carbons (Fsp3) is 0.250. The number of hydrogen-bond donors (Lipinski definition) is 1. The van der Waals surface area contributed by atoms with Crippen LogP contribution in [0.1, 0.15) is 18.1 Å². The van der Waals surface area contributed by atoms with Crippen molar-refractivity contribution < 1.29 is 14.3 Å². The molecule has 0 bridgehead atoms. The Kier molecular flexibility index (Phi) is 4.63. The minimum Gasteiger partial charge on any atom is -0.459 e. The van der Waals surface area contributed by atoms with E-state index in [4.69, 9.17) is 16.3 Å². The van der Waals surface area contributed by atoms with E-state index in [0.717, 1.165) is 28.3 Å². The highest BCUT2D eigenvalue weighted by atomic mass is 35.5. The van der Waals surface area contributed by atoms with Crippen molar-refractivity contribution in [2.75, 3.05) is 11.9 Å². The van der Waals surface area contributed by atoms with Crippen molar-refractivity contribution in [1.29, 1.82) is 0 Å². The molecule has 0 fully saturated rings. The Labute approximate surface area is 143 Å². The zero-order chi connectivity index (χ0) is 16.4. The lowest BCUT2D eigenvalue weighted by molar-refractivity contribution is -0.152. The molecule has 0 aliphatic carbocycles. The molecule has 0 spiro atoms. The van der Waals surface area contributed by atoms with Crippen LogP contribution in [0.3, 0.4) is 0 Å². The van der Waals surface area contributed by atoms with Crippen LogP contribution in [0.15, 0.2) is 30.5 Å². The van der Waals surface area contributed by atoms with Crippen LogP contribution >= 0.6 is 23.4 Å². The number of thioether (sulfide) groups is 1. The maximum absolute atomic E-state index is 12.0. The molecule has 0 atom stereocenters. The van der Waals surface area contributed by atoms with E-state index in [1.165, 1.54) is 0 Å². The van der Waals surface area contributed by atoms with E-state index in [9.17, 15) is 9.59 Å². The molecule has 1 aromatic carbocycles. The van der Waals surface area contributed by atoms with Gasteiger partial charge in [0.1, 0.15) is 5.82 Å². The zero-order valence-electron chi connectivity index (χ0n) is 12.5. The number of nitrogens with zero attached hydrogens (tertiary/aromatic N) is 1. The number of aromatic nitrogens is 1. The number of fused-ring (bicyclic) bond motifs is 1. The SMILES string of the molecule is CCOC(=O)C(=O)Nc1c2c(cn1-c1ccc(Cl)cc1)CSC2. The van der Waals surface area contributed by atoms with Gasteiger partial charge in [-0.05, 0) is 36.8 Å². The van der Waals surface area contributed by atoms with Gasteiger partial charge in [0.25, 0.3) is 0 Å². The first-order chi connectivity index (χ1) is 11.1. The summed E-state index contributed by atoms with van der Waals surface area (Å²) >= 11 is 7.70. The van der Waals surface area contributed by atoms with Crippen molar-refractivity contribution in [1.82, 2.24) is 4.57 Å². The molecule has 2 aromatic rings. The first-order valence-electron chi connectivity index (χ1n) is 7.15. The Hall–Kier alpha value is -1.92. The number of halogens is 1. The number of benzene rings is 1. The second-order valence-electron chi connectivity index (χ2n) is 5.00. The average Bonchev–Trinajstić information content (AvgIpc) is 3.11. The minimum atomic E-state index is -0.879. The third-order valence-corrected chi connectivity index (χ3v) is 4.76. The van der Waals surface area contributed by atoms with Crippen molar-refractivity contribution in [3.8, 4) is 5.69 Å². The summed E-state index contributed by atoms with van der Waals surface area (Å²) in [5, 5.41) is 3.33. The molecule has 0 unspecified atom stereocenters. The van der Waals surface area contributed by atoms with Crippen molar-refractivity contribution in [2.45, 2.75) is 18.4 Å². The average molecular weight is 351 g/mol. The summed E-state index contributed by atoms with van der Waals surface area (Å²) in [6.07, 6.45) is 1.99. The summed E-state index contributed by atoms with van der Waals surface area (Å²) in [6.45, 7) is 1.83. The molecule has 1 aliphatic heterocycles. The molecule has 1 N–H and O–H groups in total. The molecular weight excluding hydrogens is 336 g/mol. The first kappa shape index (κ1) is 16.0. The Balaban J connectivity index is 1.96. The molecule has 5 nitrogen and oxygen atoms in total. The molecule has 1 amide bonds. The maximum atomic E-state index is 12.0. The van der Waals surface area contributed by atoms with E-state index in [2.05, 4.69) is 5.32 Å². The van der Waals surface area contributed by atoms with Crippen LogP contribution in [-0.2, 0) is 25.8 Å². The van der Waals surface area contributed by atoms with Crippen LogP contribution in [0.5, 0.6) is 0 Å². The smallest absolute Gasteiger partial charge is 0.397 e. The highest BCUT2D eigenvalue weighted by Gasteiger charge is 2.25. The molecule has 2 heterocycles. The van der Waals surface area contributed by atoms with Gasteiger partial charge in [-0.2, -0.15) is 11.8 Å². The normalized spacial score (nSPS) is 12.8. The zero-order valence-corrected chi connectivity index (χ0v) is 14.0. The molecular formula is C16H15ClN2O3S. The van der Waals surface area contributed by atoms with Gasteiger partial charge in [-0.1, -0.05) is 11.6 Å². The van der Waals surface area contributed by atoms with E-state index in [1.807, 2.05) is 22.9 Å². The minimum absolute atomic E-state index is 0.165. The van der Waals surface area contributed by atoms with Crippen LogP contribution in [-0.4, -0.2) is 23.1 Å². The van der Waals surface area contributed by atoms with Crippen molar-refractivity contribution in [3.63, 3.8) is 0 Å². The van der Waals surface area contributed by atoms with Crippen LogP contribution in [0, 0.1) is 0 Å². The second kappa shape index (κ2) is 6.68. The number of nitrogens with one attached hydrogen (secondary N) is 1. The predicted molar refractivity (Wildman–Crippen MR) is 91.0 cm³/mol. The highest BCUT2D eigenvalue weighted by Crippen LogP contribution is 2.38. The fourth-order valence-corrected chi connectivity index (χ4v) is 3.66. The Bertz CT molecular complexity index is 755. The molecule has 1 aromatic heterocycles. The highest BCUT2D eigenvalue weighted by molar-refractivity contribution is 7.98. The molecule has 120 valence electrons. The number of carbonyl (C=O) groups excluding carboxylic acids is 2. The number of rotatable bonds is 3. The summed E-state index contributed by atoms with van der Waals surface area (Å²) in [6, 6.07) is 7.30. The van der Waals surface area contributed by atoms with Crippen LogP contribution in [0.2, 0.25) is 5.02 Å². The molecule has 0 saturated carbocycles. The lowest BCUT2D eigenvalue weighted by Gasteiger charge is -2.12. The summed E-state index contributed by atoms with van der Waals surface area (Å²) in [4.78, 5) is 23.6. The second-order valence-corrected chi connectivity index (χ2v) is 6.42. The van der Waals surface area contributed by atoms with E-state index in [-0.39, 0.29) is 6.61 Å². The van der Waals surface area contributed by atoms with E-state index in [0.29, 0.717) is 10.8 Å². The van der Waals surface area contributed by atoms with Crippen molar-refractivity contribution in [3.05, 3.63) is 46.6 Å². The van der Waals surface area contributed by atoms with Gasteiger partial charge in [0.2, 0.25) is 0 Å². The fourth-order valence-electron chi connectivity index (χ4n) is 2.44. The van der Waals surface area contributed by atoms with Gasteiger partial charge < -0.3 is 14.6 Å². The van der Waals surface area contributed by atoms with E-state index < -0.39 is 11.9 Å². The molecule has 0 radical (unpaired) electrons. The number of ether oxygens (including phenoxy) is 1. The van der Waals surface area contributed by atoms with Crippen LogP contribution < -0.4 is 5.32 Å². The first-order valence-corrected chi connectivity index (χ1v) is 8.68. The van der Waals surface area contributed by atoms with Gasteiger partial charge >= 0.3 is 11.9 Å². The summed E-state index contributed by atoms with van der Waals surface area (Å²) in [7, 11) is 0. The summed E-state index contributed by atoms with van der Waals surface area (Å²) < 4.78 is 6.62. The van der Waals surface area contributed by atoms with Gasteiger partial charge in [0, 0.05) is 34.0 Å². The number of esters is 1. The lowest BCUT2D eigenvalue weighted by Crippen LogP contribution is -2.26.